The summed E-state index contributed by atoms with van der Waals surface area (Å²) >= 11 is 0. The molecule has 0 saturated carbocycles. The van der Waals surface area contributed by atoms with E-state index in [2.05, 4.69) is 10.1 Å². The number of anilines is 1. The minimum absolute atomic E-state index is 0.183. The minimum atomic E-state index is -0.535. The lowest BCUT2D eigenvalue weighted by Gasteiger charge is -2.08. The number of hydrogen-bond donors (Lipinski definition) is 2. The van der Waals surface area contributed by atoms with Crippen molar-refractivity contribution < 1.29 is 14.7 Å². The summed E-state index contributed by atoms with van der Waals surface area (Å²) in [5.74, 6) is -0.535. The molecule has 0 bridgehead atoms. The zero-order chi connectivity index (χ0) is 13.3. The Balaban J connectivity index is 2.69. The molecule has 2 N–H and O–H groups in total. The maximum Gasteiger partial charge on any atom is 0.341 e. The van der Waals surface area contributed by atoms with E-state index in [0.29, 0.717) is 16.7 Å². The van der Waals surface area contributed by atoms with E-state index in [1.54, 1.807) is 25.6 Å². The standard InChI is InChI=1S/C11H14N4O3/c1-4-18-11(16)7-5-12-10-8(9(7)14-17)6(2)13-15(10)3/h5,17H,4H2,1-3H3,(H,12,14). The third kappa shape index (κ3) is 1.78. The van der Waals surface area contributed by atoms with Crippen LogP contribution in [0, 0.1) is 6.92 Å². The van der Waals surface area contributed by atoms with Crippen molar-refractivity contribution in [3.05, 3.63) is 17.5 Å². The molecule has 2 rings (SSSR count). The first-order chi connectivity index (χ1) is 8.60. The lowest BCUT2D eigenvalue weighted by Crippen LogP contribution is -2.09. The Kier molecular flexibility index (Phi) is 3.15. The van der Waals surface area contributed by atoms with Crippen molar-refractivity contribution in [1.29, 1.82) is 0 Å². The zero-order valence-electron chi connectivity index (χ0n) is 10.4. The molecule has 18 heavy (non-hydrogen) atoms. The van der Waals surface area contributed by atoms with Gasteiger partial charge >= 0.3 is 5.97 Å². The topological polar surface area (TPSA) is 89.3 Å². The summed E-state index contributed by atoms with van der Waals surface area (Å²) in [7, 11) is 1.74. The second kappa shape index (κ2) is 4.61. The molecule has 0 aliphatic heterocycles. The van der Waals surface area contributed by atoms with E-state index in [1.807, 2.05) is 5.48 Å². The number of fused-ring (bicyclic) bond motifs is 1. The van der Waals surface area contributed by atoms with Gasteiger partial charge in [0.1, 0.15) is 5.56 Å². The fraction of sp³-hybridized carbons (Fsp3) is 0.364. The van der Waals surface area contributed by atoms with E-state index in [0.717, 1.165) is 0 Å². The zero-order valence-corrected chi connectivity index (χ0v) is 10.4. The number of esters is 1. The molecular formula is C11H14N4O3. The SMILES string of the molecule is CCOC(=O)c1cnc2c(c(C)nn2C)c1NO. The minimum Gasteiger partial charge on any atom is -0.462 e. The highest BCUT2D eigenvalue weighted by Crippen LogP contribution is 2.28. The van der Waals surface area contributed by atoms with Crippen molar-refractivity contribution in [3.8, 4) is 0 Å². The number of rotatable bonds is 3. The molecule has 2 aromatic heterocycles. The van der Waals surface area contributed by atoms with Crippen LogP contribution in [0.3, 0.4) is 0 Å². The normalized spacial score (nSPS) is 10.7. The molecule has 0 saturated heterocycles. The van der Waals surface area contributed by atoms with Gasteiger partial charge in [-0.25, -0.2) is 9.78 Å². The predicted octanol–water partition coefficient (Wildman–Crippen LogP) is 1.25. The van der Waals surface area contributed by atoms with Crippen LogP contribution in [0.4, 0.5) is 5.69 Å². The Morgan fingerprint density at radius 3 is 2.94 bits per heavy atom. The number of nitrogens with zero attached hydrogens (tertiary/aromatic N) is 3. The van der Waals surface area contributed by atoms with E-state index in [-0.39, 0.29) is 17.9 Å². The summed E-state index contributed by atoms with van der Waals surface area (Å²) in [6, 6.07) is 0. The Labute approximate surface area is 103 Å². The number of pyridine rings is 1. The van der Waals surface area contributed by atoms with E-state index in [1.165, 1.54) is 6.20 Å². The number of carbonyl (C=O) groups excluding carboxylic acids is 1. The van der Waals surface area contributed by atoms with Gasteiger partial charge in [-0.15, -0.1) is 0 Å². The van der Waals surface area contributed by atoms with Crippen LogP contribution in [0.25, 0.3) is 11.0 Å². The van der Waals surface area contributed by atoms with Crippen LogP contribution in [-0.4, -0.2) is 32.5 Å². The van der Waals surface area contributed by atoms with E-state index >= 15 is 0 Å². The molecule has 0 fully saturated rings. The second-order valence-electron chi connectivity index (χ2n) is 3.79. The maximum atomic E-state index is 11.7. The second-order valence-corrected chi connectivity index (χ2v) is 3.79. The van der Waals surface area contributed by atoms with Crippen LogP contribution in [0.15, 0.2) is 6.20 Å². The summed E-state index contributed by atoms with van der Waals surface area (Å²) in [4.78, 5) is 15.9. The highest BCUT2D eigenvalue weighted by atomic mass is 16.5. The van der Waals surface area contributed by atoms with Gasteiger partial charge in [0.15, 0.2) is 5.65 Å². The maximum absolute atomic E-state index is 11.7. The van der Waals surface area contributed by atoms with Crippen molar-refractivity contribution in [2.45, 2.75) is 13.8 Å². The molecule has 7 heteroatoms. The first-order valence-corrected chi connectivity index (χ1v) is 5.49. The van der Waals surface area contributed by atoms with Crippen LogP contribution in [0.1, 0.15) is 23.0 Å². The summed E-state index contributed by atoms with van der Waals surface area (Å²) in [5, 5.41) is 14.0. The molecule has 0 radical (unpaired) electrons. The van der Waals surface area contributed by atoms with Gasteiger partial charge in [-0.1, -0.05) is 0 Å². The van der Waals surface area contributed by atoms with Crippen molar-refractivity contribution in [3.63, 3.8) is 0 Å². The highest BCUT2D eigenvalue weighted by Gasteiger charge is 2.20. The molecule has 2 heterocycles. The molecule has 7 nitrogen and oxygen atoms in total. The van der Waals surface area contributed by atoms with Crippen molar-refractivity contribution in [2.24, 2.45) is 7.05 Å². The highest BCUT2D eigenvalue weighted by molar-refractivity contribution is 6.04. The van der Waals surface area contributed by atoms with Gasteiger partial charge in [-0.05, 0) is 13.8 Å². The Bertz CT molecular complexity index is 606. The summed E-state index contributed by atoms with van der Waals surface area (Å²) in [5.41, 5.74) is 3.74. The van der Waals surface area contributed by atoms with Gasteiger partial charge in [0, 0.05) is 13.2 Å². The van der Waals surface area contributed by atoms with Crippen LogP contribution in [0.5, 0.6) is 0 Å². The number of carbonyl (C=O) groups is 1. The third-order valence-electron chi connectivity index (χ3n) is 2.63. The summed E-state index contributed by atoms with van der Waals surface area (Å²) in [6.07, 6.45) is 1.36. The fourth-order valence-corrected chi connectivity index (χ4v) is 1.89. The lowest BCUT2D eigenvalue weighted by molar-refractivity contribution is 0.0526. The largest absolute Gasteiger partial charge is 0.462 e. The molecule has 96 valence electrons. The van der Waals surface area contributed by atoms with Crippen LogP contribution in [-0.2, 0) is 11.8 Å². The van der Waals surface area contributed by atoms with Crippen LogP contribution in [0.2, 0.25) is 0 Å². The number of aryl methyl sites for hydroxylation is 2. The molecule has 0 unspecified atom stereocenters. The Morgan fingerprint density at radius 1 is 1.61 bits per heavy atom. The predicted molar refractivity (Wildman–Crippen MR) is 64.6 cm³/mol. The fourth-order valence-electron chi connectivity index (χ4n) is 1.89. The monoisotopic (exact) mass is 250 g/mol. The Hall–Kier alpha value is -2.15. The first-order valence-electron chi connectivity index (χ1n) is 5.49. The molecule has 0 aliphatic carbocycles. The van der Waals surface area contributed by atoms with Crippen LogP contribution < -0.4 is 5.48 Å². The average molecular weight is 250 g/mol. The first kappa shape index (κ1) is 12.3. The van der Waals surface area contributed by atoms with Gasteiger partial charge in [-0.2, -0.15) is 5.10 Å². The quantitative estimate of drug-likeness (QED) is 0.629. The third-order valence-corrected chi connectivity index (χ3v) is 2.63. The molecular weight excluding hydrogens is 236 g/mol. The van der Waals surface area contributed by atoms with E-state index in [9.17, 15) is 10.0 Å². The van der Waals surface area contributed by atoms with Gasteiger partial charge in [-0.3, -0.25) is 15.4 Å². The molecule has 0 aliphatic rings. The number of hydrogen-bond acceptors (Lipinski definition) is 6. The molecule has 0 spiro atoms. The van der Waals surface area contributed by atoms with Crippen molar-refractivity contribution in [1.82, 2.24) is 14.8 Å². The summed E-state index contributed by atoms with van der Waals surface area (Å²) < 4.78 is 6.49. The smallest absolute Gasteiger partial charge is 0.341 e. The van der Waals surface area contributed by atoms with Gasteiger partial charge < -0.3 is 4.74 Å². The van der Waals surface area contributed by atoms with Gasteiger partial charge in [0.05, 0.1) is 23.4 Å². The number of aromatic nitrogens is 3. The average Bonchev–Trinajstić information content (AvgIpc) is 2.64. The van der Waals surface area contributed by atoms with E-state index in [4.69, 9.17) is 4.74 Å². The number of ether oxygens (including phenoxy) is 1. The van der Waals surface area contributed by atoms with Crippen molar-refractivity contribution >= 4 is 22.7 Å². The van der Waals surface area contributed by atoms with Crippen molar-refractivity contribution in [2.75, 3.05) is 12.1 Å². The molecule has 0 amide bonds. The molecule has 2 aromatic rings. The Morgan fingerprint density at radius 2 is 2.33 bits per heavy atom. The van der Waals surface area contributed by atoms with Crippen LogP contribution >= 0.6 is 0 Å². The lowest BCUT2D eigenvalue weighted by atomic mass is 10.1. The van der Waals surface area contributed by atoms with E-state index < -0.39 is 5.97 Å². The molecule has 0 atom stereocenters. The summed E-state index contributed by atoms with van der Waals surface area (Å²) in [6.45, 7) is 3.75. The van der Waals surface area contributed by atoms with Gasteiger partial charge in [0.25, 0.3) is 0 Å². The number of nitrogens with one attached hydrogen (secondary N) is 1. The molecule has 0 aromatic carbocycles. The van der Waals surface area contributed by atoms with Gasteiger partial charge in [0.2, 0.25) is 0 Å².